The summed E-state index contributed by atoms with van der Waals surface area (Å²) in [5, 5.41) is 6.81. The largest absolute Gasteiger partial charge is 0.497 e. The summed E-state index contributed by atoms with van der Waals surface area (Å²) in [7, 11) is -2.35. The van der Waals surface area contributed by atoms with Crippen LogP contribution in [-0.2, 0) is 10.0 Å². The third-order valence-electron chi connectivity index (χ3n) is 5.08. The highest BCUT2D eigenvalue weighted by Gasteiger charge is 2.32. The highest BCUT2D eigenvalue weighted by molar-refractivity contribution is 7.91. The standard InChI is InChI=1S/C23H20ClN3O3S2/c1-30-19-11-13-20(14-12-19)32(28,29)26-23(31)27-15-21(16-5-3-2-4-6-16)22(25-27)17-7-9-18(24)10-8-17/h2-14,21H,15H2,1H3,(H,26,31). The van der Waals surface area contributed by atoms with Crippen LogP contribution >= 0.6 is 23.8 Å². The Balaban J connectivity index is 1.61. The molecule has 0 fully saturated rings. The first kappa shape index (κ1) is 22.3. The number of halogens is 1. The quantitative estimate of drug-likeness (QED) is 0.542. The van der Waals surface area contributed by atoms with Crippen LogP contribution in [-0.4, -0.2) is 37.9 Å². The molecule has 0 spiro atoms. The van der Waals surface area contributed by atoms with E-state index in [0.29, 0.717) is 17.3 Å². The van der Waals surface area contributed by atoms with Gasteiger partial charge in [-0.25, -0.2) is 13.4 Å². The summed E-state index contributed by atoms with van der Waals surface area (Å²) in [5.74, 6) is 0.481. The van der Waals surface area contributed by atoms with Crippen molar-refractivity contribution >= 4 is 44.7 Å². The molecule has 1 aliphatic heterocycles. The molecule has 1 aliphatic rings. The second kappa shape index (κ2) is 9.28. The molecule has 0 bridgehead atoms. The predicted molar refractivity (Wildman–Crippen MR) is 130 cm³/mol. The van der Waals surface area contributed by atoms with Gasteiger partial charge in [0.1, 0.15) is 5.75 Å². The molecular formula is C23H20ClN3O3S2. The lowest BCUT2D eigenvalue weighted by Gasteiger charge is -2.18. The molecule has 0 saturated heterocycles. The summed E-state index contributed by atoms with van der Waals surface area (Å²) in [6.07, 6.45) is 0. The zero-order valence-electron chi connectivity index (χ0n) is 17.1. The van der Waals surface area contributed by atoms with Crippen LogP contribution in [0.15, 0.2) is 88.9 Å². The van der Waals surface area contributed by atoms with Crippen LogP contribution in [0.5, 0.6) is 5.75 Å². The number of methoxy groups -OCH3 is 1. The van der Waals surface area contributed by atoms with Gasteiger partial charge in [-0.05, 0) is 59.7 Å². The molecule has 0 saturated carbocycles. The van der Waals surface area contributed by atoms with Crippen LogP contribution in [0.25, 0.3) is 0 Å². The molecule has 164 valence electrons. The summed E-state index contributed by atoms with van der Waals surface area (Å²) in [6, 6.07) is 23.4. The van der Waals surface area contributed by atoms with Crippen molar-refractivity contribution in [3.05, 3.63) is 95.0 Å². The molecule has 1 unspecified atom stereocenters. The van der Waals surface area contributed by atoms with E-state index in [1.807, 2.05) is 42.5 Å². The number of hydrazone groups is 1. The predicted octanol–water partition coefficient (Wildman–Crippen LogP) is 4.42. The van der Waals surface area contributed by atoms with Crippen molar-refractivity contribution in [1.82, 2.24) is 9.73 Å². The van der Waals surface area contributed by atoms with E-state index < -0.39 is 10.0 Å². The SMILES string of the molecule is COc1ccc(S(=O)(=O)NC(=S)N2CC(c3ccccc3)C(c3ccc(Cl)cc3)=N2)cc1. The van der Waals surface area contributed by atoms with E-state index in [2.05, 4.69) is 9.82 Å². The Morgan fingerprint density at radius 3 is 2.34 bits per heavy atom. The molecule has 32 heavy (non-hydrogen) atoms. The minimum absolute atomic E-state index is 0.00529. The summed E-state index contributed by atoms with van der Waals surface area (Å²) >= 11 is 11.5. The van der Waals surface area contributed by atoms with E-state index in [9.17, 15) is 8.42 Å². The monoisotopic (exact) mass is 485 g/mol. The fourth-order valence-electron chi connectivity index (χ4n) is 3.44. The number of nitrogens with one attached hydrogen (secondary N) is 1. The third-order valence-corrected chi connectivity index (χ3v) is 7.13. The van der Waals surface area contributed by atoms with Gasteiger partial charge < -0.3 is 4.74 Å². The number of hydrogen-bond acceptors (Lipinski definition) is 5. The van der Waals surface area contributed by atoms with E-state index in [4.69, 9.17) is 28.6 Å². The van der Waals surface area contributed by atoms with Crippen LogP contribution < -0.4 is 9.46 Å². The van der Waals surface area contributed by atoms with Gasteiger partial charge >= 0.3 is 0 Å². The number of nitrogens with zero attached hydrogens (tertiary/aromatic N) is 2. The first-order chi connectivity index (χ1) is 15.4. The lowest BCUT2D eigenvalue weighted by Crippen LogP contribution is -2.39. The lowest BCUT2D eigenvalue weighted by molar-refractivity contribution is 0.414. The Kier molecular flexibility index (Phi) is 6.45. The van der Waals surface area contributed by atoms with Crippen molar-refractivity contribution in [2.45, 2.75) is 10.8 Å². The van der Waals surface area contributed by atoms with Gasteiger partial charge in [-0.1, -0.05) is 54.1 Å². The maximum atomic E-state index is 12.8. The Hall–Kier alpha value is -2.94. The third kappa shape index (κ3) is 4.77. The molecule has 1 N–H and O–H groups in total. The van der Waals surface area contributed by atoms with E-state index >= 15 is 0 Å². The minimum atomic E-state index is -3.87. The Labute approximate surface area is 197 Å². The van der Waals surface area contributed by atoms with E-state index in [1.54, 1.807) is 24.3 Å². The number of sulfonamides is 1. The van der Waals surface area contributed by atoms with Crippen LogP contribution in [0.4, 0.5) is 0 Å². The zero-order valence-corrected chi connectivity index (χ0v) is 19.5. The van der Waals surface area contributed by atoms with Crippen LogP contribution in [0.2, 0.25) is 5.02 Å². The zero-order chi connectivity index (χ0) is 22.7. The van der Waals surface area contributed by atoms with E-state index in [1.165, 1.54) is 24.3 Å². The molecule has 6 nitrogen and oxygen atoms in total. The number of benzene rings is 3. The topological polar surface area (TPSA) is 71.0 Å². The number of ether oxygens (including phenoxy) is 1. The molecule has 3 aromatic rings. The highest BCUT2D eigenvalue weighted by atomic mass is 35.5. The Bertz CT molecular complexity index is 1250. The molecule has 3 aromatic carbocycles. The minimum Gasteiger partial charge on any atom is -0.497 e. The fourth-order valence-corrected chi connectivity index (χ4v) is 4.96. The maximum absolute atomic E-state index is 12.8. The number of rotatable bonds is 5. The van der Waals surface area contributed by atoms with E-state index in [-0.39, 0.29) is 15.9 Å². The van der Waals surface area contributed by atoms with Crippen LogP contribution in [0.1, 0.15) is 17.0 Å². The summed E-state index contributed by atoms with van der Waals surface area (Å²) in [6.45, 7) is 0.409. The lowest BCUT2D eigenvalue weighted by atomic mass is 9.91. The average molecular weight is 486 g/mol. The fraction of sp³-hybridized carbons (Fsp3) is 0.130. The molecule has 1 atom stereocenters. The van der Waals surface area contributed by atoms with Gasteiger partial charge in [0.2, 0.25) is 5.11 Å². The van der Waals surface area contributed by atoms with E-state index in [0.717, 1.165) is 16.8 Å². The smallest absolute Gasteiger partial charge is 0.263 e. The van der Waals surface area contributed by atoms with Crippen LogP contribution in [0.3, 0.4) is 0 Å². The van der Waals surface area contributed by atoms with Gasteiger partial charge in [0.05, 0.1) is 24.3 Å². The van der Waals surface area contributed by atoms with Crippen molar-refractivity contribution in [1.29, 1.82) is 0 Å². The first-order valence-corrected chi connectivity index (χ1v) is 12.0. The maximum Gasteiger partial charge on any atom is 0.263 e. The normalized spacial score (nSPS) is 15.9. The van der Waals surface area contributed by atoms with Crippen molar-refractivity contribution < 1.29 is 13.2 Å². The van der Waals surface area contributed by atoms with Gasteiger partial charge in [0.25, 0.3) is 10.0 Å². The molecule has 0 radical (unpaired) electrons. The van der Waals surface area contributed by atoms with Gasteiger partial charge in [-0.2, -0.15) is 5.10 Å². The summed E-state index contributed by atoms with van der Waals surface area (Å²) < 4.78 is 33.2. The second-order valence-corrected chi connectivity index (χ2v) is 9.63. The first-order valence-electron chi connectivity index (χ1n) is 9.75. The van der Waals surface area contributed by atoms with Crippen molar-refractivity contribution in [2.24, 2.45) is 5.10 Å². The number of hydrogen-bond donors (Lipinski definition) is 1. The van der Waals surface area contributed by atoms with Crippen molar-refractivity contribution in [3.63, 3.8) is 0 Å². The van der Waals surface area contributed by atoms with Crippen molar-refractivity contribution in [2.75, 3.05) is 13.7 Å². The van der Waals surface area contributed by atoms with Gasteiger partial charge in [0.15, 0.2) is 0 Å². The van der Waals surface area contributed by atoms with Crippen LogP contribution in [0, 0.1) is 0 Å². The average Bonchev–Trinajstić information content (AvgIpc) is 3.26. The van der Waals surface area contributed by atoms with Gasteiger partial charge in [0, 0.05) is 10.9 Å². The second-order valence-electron chi connectivity index (χ2n) is 7.12. The van der Waals surface area contributed by atoms with Gasteiger partial charge in [-0.3, -0.25) is 4.72 Å². The molecule has 0 aromatic heterocycles. The van der Waals surface area contributed by atoms with Crippen molar-refractivity contribution in [3.8, 4) is 5.75 Å². The number of thiocarbonyl (C=S) groups is 1. The molecule has 4 rings (SSSR count). The molecule has 0 aliphatic carbocycles. The Morgan fingerprint density at radius 1 is 1.06 bits per heavy atom. The summed E-state index contributed by atoms with van der Waals surface area (Å²) in [4.78, 5) is 0.0846. The summed E-state index contributed by atoms with van der Waals surface area (Å²) in [5.41, 5.74) is 2.75. The Morgan fingerprint density at radius 2 is 1.72 bits per heavy atom. The molecule has 1 heterocycles. The highest BCUT2D eigenvalue weighted by Crippen LogP contribution is 2.29. The molecular weight excluding hydrogens is 466 g/mol. The molecule has 9 heteroatoms. The van der Waals surface area contributed by atoms with Gasteiger partial charge in [-0.15, -0.1) is 0 Å². The molecule has 0 amide bonds.